The van der Waals surface area contributed by atoms with Crippen molar-refractivity contribution in [3.8, 4) is 0 Å². The molecule has 178 valence electrons. The van der Waals surface area contributed by atoms with Gasteiger partial charge in [-0.05, 0) is 32.1 Å². The Bertz CT molecular complexity index is 428. The van der Waals surface area contributed by atoms with Crippen LogP contribution in [0.25, 0.3) is 0 Å². The monoisotopic (exact) mass is 430 g/mol. The van der Waals surface area contributed by atoms with Crippen LogP contribution in [0.15, 0.2) is 12.2 Å². The van der Waals surface area contributed by atoms with Crippen molar-refractivity contribution in [1.82, 2.24) is 0 Å². The number of Topliss-reactive ketones (excluding diaryl/α,β-unsaturated/α-hetero) is 1. The van der Waals surface area contributed by atoms with Crippen LogP contribution in [0.4, 0.5) is 0 Å². The highest BCUT2D eigenvalue weighted by Gasteiger charge is 2.15. The van der Waals surface area contributed by atoms with Gasteiger partial charge in [0.05, 0.1) is 12.6 Å². The summed E-state index contributed by atoms with van der Waals surface area (Å²) in [5, 5.41) is 25.3. The van der Waals surface area contributed by atoms with E-state index in [1.165, 1.54) is 57.8 Å². The minimum absolute atomic E-state index is 0.0261. The van der Waals surface area contributed by atoms with Crippen LogP contribution < -0.4 is 11.5 Å². The highest BCUT2D eigenvalue weighted by atomic mass is 16.5. The van der Waals surface area contributed by atoms with E-state index in [2.05, 4.69) is 24.8 Å². The predicted molar refractivity (Wildman–Crippen MR) is 122 cm³/mol. The molecule has 0 aromatic carbocycles. The van der Waals surface area contributed by atoms with Crippen LogP contribution >= 0.6 is 0 Å². The third-order valence-corrected chi connectivity index (χ3v) is 4.74. The summed E-state index contributed by atoms with van der Waals surface area (Å²) in [4.78, 5) is 20.8. The minimum Gasteiger partial charge on any atom is -0.480 e. The summed E-state index contributed by atoms with van der Waals surface area (Å²) < 4.78 is 0. The molecule has 0 rings (SSSR count). The summed E-state index contributed by atoms with van der Waals surface area (Å²) in [7, 11) is 0. The van der Waals surface area contributed by atoms with E-state index >= 15 is 0 Å². The molecule has 0 aromatic rings. The van der Waals surface area contributed by atoms with Gasteiger partial charge in [-0.15, -0.1) is 0 Å². The van der Waals surface area contributed by atoms with Crippen molar-refractivity contribution in [2.75, 3.05) is 6.54 Å². The normalized spacial score (nSPS) is 12.1. The van der Waals surface area contributed by atoms with Gasteiger partial charge in [-0.2, -0.15) is 0 Å². The Labute approximate surface area is 182 Å². The first-order valence-corrected chi connectivity index (χ1v) is 11.5. The fraction of sp³-hybridized carbons (Fsp3) is 0.826. The molecule has 0 aliphatic heterocycles. The summed E-state index contributed by atoms with van der Waals surface area (Å²) in [5.41, 5.74) is 10.0. The first-order valence-electron chi connectivity index (χ1n) is 11.5. The molecule has 0 heterocycles. The molecule has 0 radical (unpaired) electrons. The Hall–Kier alpha value is -1.28. The molecule has 0 saturated heterocycles. The van der Waals surface area contributed by atoms with Crippen molar-refractivity contribution in [3.05, 3.63) is 12.2 Å². The first kappa shape index (κ1) is 30.9. The van der Waals surface area contributed by atoms with Gasteiger partial charge in [0.2, 0.25) is 0 Å². The standard InChI is InChI=1S/C21H41NO3.C2H5NO2/c1-2-3-4-5-6-7-8-9-10-11-12-13-14-15-16-17-19(23)18-20(22)21(24)25;3-1-2(4)5/h9-10,20-21,24-25H,2-8,11-18,22H2,1H3;1,3H2,(H,4,5). The SMILES string of the molecule is CCCCCCCCC=CCCCCCCCC(=O)CC(N)C(O)O.NCC(=O)O. The molecule has 1 atom stereocenters. The van der Waals surface area contributed by atoms with Gasteiger partial charge in [-0.25, -0.2) is 0 Å². The van der Waals surface area contributed by atoms with Crippen molar-refractivity contribution < 1.29 is 24.9 Å². The maximum Gasteiger partial charge on any atom is 0.317 e. The number of hydrogen-bond donors (Lipinski definition) is 5. The summed E-state index contributed by atoms with van der Waals surface area (Å²) >= 11 is 0. The summed E-state index contributed by atoms with van der Waals surface area (Å²) in [6.45, 7) is 1.98. The molecule has 7 heteroatoms. The van der Waals surface area contributed by atoms with Crippen molar-refractivity contribution >= 4 is 11.8 Å². The highest BCUT2D eigenvalue weighted by Crippen LogP contribution is 2.11. The zero-order valence-electron chi connectivity index (χ0n) is 18.9. The summed E-state index contributed by atoms with van der Waals surface area (Å²) in [5.74, 6) is -0.941. The number of carbonyl (C=O) groups excluding carboxylic acids is 1. The second-order valence-electron chi connectivity index (χ2n) is 7.75. The zero-order chi connectivity index (χ0) is 23.0. The number of aliphatic hydroxyl groups is 2. The zero-order valence-corrected chi connectivity index (χ0v) is 18.9. The first-order chi connectivity index (χ1) is 14.3. The number of hydrogen-bond acceptors (Lipinski definition) is 6. The van der Waals surface area contributed by atoms with Crippen molar-refractivity contribution in [1.29, 1.82) is 0 Å². The number of carboxylic acid groups (broad SMARTS) is 1. The number of nitrogens with two attached hydrogens (primary N) is 2. The molecule has 0 aromatic heterocycles. The van der Waals surface area contributed by atoms with Crippen LogP contribution in [0.1, 0.15) is 103 Å². The molecule has 0 amide bonds. The van der Waals surface area contributed by atoms with Gasteiger partial charge in [0.1, 0.15) is 5.78 Å². The van der Waals surface area contributed by atoms with Crippen LogP contribution in [0.5, 0.6) is 0 Å². The Morgan fingerprint density at radius 2 is 1.27 bits per heavy atom. The van der Waals surface area contributed by atoms with Crippen LogP contribution in [-0.2, 0) is 9.59 Å². The number of aliphatic carboxylic acids is 1. The lowest BCUT2D eigenvalue weighted by molar-refractivity contribution is -0.135. The molecule has 0 aliphatic carbocycles. The number of carbonyl (C=O) groups is 2. The second-order valence-corrected chi connectivity index (χ2v) is 7.75. The average Bonchev–Trinajstić information content (AvgIpc) is 2.71. The molecular formula is C23H46N2O5. The number of aliphatic hydroxyl groups excluding tert-OH is 1. The van der Waals surface area contributed by atoms with E-state index in [0.717, 1.165) is 25.7 Å². The lowest BCUT2D eigenvalue weighted by Crippen LogP contribution is -2.36. The fourth-order valence-electron chi connectivity index (χ4n) is 2.86. The third kappa shape index (κ3) is 26.7. The van der Waals surface area contributed by atoms with Crippen LogP contribution in [-0.4, -0.2) is 45.9 Å². The molecule has 7 N–H and O–H groups in total. The Kier molecular flexibility index (Phi) is 24.7. The molecule has 7 nitrogen and oxygen atoms in total. The number of allylic oxidation sites excluding steroid dienone is 2. The quantitative estimate of drug-likeness (QED) is 0.119. The van der Waals surface area contributed by atoms with Gasteiger partial charge >= 0.3 is 5.97 Å². The Balaban J connectivity index is 0. The van der Waals surface area contributed by atoms with Crippen LogP contribution in [0.3, 0.4) is 0 Å². The van der Waals surface area contributed by atoms with Crippen LogP contribution in [0.2, 0.25) is 0 Å². The minimum atomic E-state index is -1.60. The topological polar surface area (TPSA) is 147 Å². The van der Waals surface area contributed by atoms with Crippen molar-refractivity contribution in [2.24, 2.45) is 11.5 Å². The van der Waals surface area contributed by atoms with E-state index in [1.807, 2.05) is 0 Å². The smallest absolute Gasteiger partial charge is 0.317 e. The van der Waals surface area contributed by atoms with E-state index in [1.54, 1.807) is 0 Å². The van der Waals surface area contributed by atoms with Gasteiger partial charge < -0.3 is 26.8 Å². The van der Waals surface area contributed by atoms with Gasteiger partial charge in [0.15, 0.2) is 6.29 Å². The van der Waals surface area contributed by atoms with Crippen molar-refractivity contribution in [3.63, 3.8) is 0 Å². The molecule has 1 unspecified atom stereocenters. The van der Waals surface area contributed by atoms with Gasteiger partial charge in [0, 0.05) is 12.8 Å². The molecular weight excluding hydrogens is 384 g/mol. The lowest BCUT2D eigenvalue weighted by Gasteiger charge is -2.12. The molecule has 0 saturated carbocycles. The summed E-state index contributed by atoms with van der Waals surface area (Å²) in [6.07, 6.45) is 19.7. The molecule has 0 aliphatic rings. The number of ketones is 1. The summed E-state index contributed by atoms with van der Waals surface area (Å²) in [6, 6.07) is -0.851. The van der Waals surface area contributed by atoms with E-state index in [-0.39, 0.29) is 18.7 Å². The predicted octanol–water partition coefficient (Wildman–Crippen LogP) is 3.65. The number of carboxylic acids is 1. The van der Waals surface area contributed by atoms with Gasteiger partial charge in [-0.1, -0.05) is 70.4 Å². The van der Waals surface area contributed by atoms with Gasteiger partial charge in [0.25, 0.3) is 0 Å². The second kappa shape index (κ2) is 24.0. The Morgan fingerprint density at radius 1 is 0.833 bits per heavy atom. The fourth-order valence-corrected chi connectivity index (χ4v) is 2.86. The van der Waals surface area contributed by atoms with E-state index in [9.17, 15) is 9.59 Å². The largest absolute Gasteiger partial charge is 0.480 e. The molecule has 0 spiro atoms. The molecule has 30 heavy (non-hydrogen) atoms. The average molecular weight is 431 g/mol. The maximum atomic E-state index is 11.6. The number of unbranched alkanes of at least 4 members (excludes halogenated alkanes) is 11. The van der Waals surface area contributed by atoms with E-state index < -0.39 is 18.3 Å². The molecule has 0 bridgehead atoms. The highest BCUT2D eigenvalue weighted by molar-refractivity contribution is 5.78. The lowest BCUT2D eigenvalue weighted by atomic mass is 10.0. The van der Waals surface area contributed by atoms with Crippen molar-refractivity contribution in [2.45, 2.75) is 116 Å². The molecule has 0 fully saturated rings. The van der Waals surface area contributed by atoms with Gasteiger partial charge in [-0.3, -0.25) is 9.59 Å². The maximum absolute atomic E-state index is 11.6. The van der Waals surface area contributed by atoms with E-state index in [0.29, 0.717) is 6.42 Å². The van der Waals surface area contributed by atoms with E-state index in [4.69, 9.17) is 21.1 Å². The third-order valence-electron chi connectivity index (χ3n) is 4.74. The Morgan fingerprint density at radius 3 is 1.70 bits per heavy atom. The number of rotatable bonds is 19. The van der Waals surface area contributed by atoms with Crippen LogP contribution in [0, 0.1) is 0 Å².